The molecule has 0 saturated carbocycles. The highest BCUT2D eigenvalue weighted by atomic mass is 16.5. The highest BCUT2D eigenvalue weighted by Gasteiger charge is 2.08. The fourth-order valence-corrected chi connectivity index (χ4v) is 3.00. The molecule has 130 valence electrons. The number of hydrogen-bond donors (Lipinski definition) is 1. The van der Waals surface area contributed by atoms with Gasteiger partial charge >= 0.3 is 0 Å². The number of methoxy groups -OCH3 is 3. The van der Waals surface area contributed by atoms with Gasteiger partial charge in [0, 0.05) is 30.1 Å². The molecule has 0 radical (unpaired) electrons. The smallest absolute Gasteiger partial charge is 0.127 e. The van der Waals surface area contributed by atoms with Crippen molar-refractivity contribution < 1.29 is 14.2 Å². The van der Waals surface area contributed by atoms with Crippen LogP contribution in [0.4, 0.5) is 0 Å². The molecular formula is C21H23NO3. The number of rotatable bonds is 7. The Labute approximate surface area is 148 Å². The molecule has 1 N–H and O–H groups in total. The lowest BCUT2D eigenvalue weighted by Crippen LogP contribution is -2.13. The van der Waals surface area contributed by atoms with Crippen molar-refractivity contribution in [2.45, 2.75) is 13.1 Å². The highest BCUT2D eigenvalue weighted by Crippen LogP contribution is 2.28. The first kappa shape index (κ1) is 17.1. The van der Waals surface area contributed by atoms with Crippen LogP contribution in [0.15, 0.2) is 54.6 Å². The zero-order chi connectivity index (χ0) is 17.6. The summed E-state index contributed by atoms with van der Waals surface area (Å²) < 4.78 is 16.2. The van der Waals surface area contributed by atoms with E-state index in [1.165, 1.54) is 10.9 Å². The summed E-state index contributed by atoms with van der Waals surface area (Å²) in [5, 5.41) is 5.83. The lowest BCUT2D eigenvalue weighted by atomic mass is 10.0. The second-order valence-corrected chi connectivity index (χ2v) is 5.75. The average Bonchev–Trinajstić information content (AvgIpc) is 2.68. The van der Waals surface area contributed by atoms with Crippen molar-refractivity contribution in [3.05, 3.63) is 65.7 Å². The van der Waals surface area contributed by atoms with E-state index in [0.29, 0.717) is 6.54 Å². The normalized spacial score (nSPS) is 10.7. The summed E-state index contributed by atoms with van der Waals surface area (Å²) in [5.74, 6) is 2.52. The van der Waals surface area contributed by atoms with Gasteiger partial charge in [-0.05, 0) is 23.1 Å². The second kappa shape index (κ2) is 7.90. The third-order valence-corrected chi connectivity index (χ3v) is 4.32. The molecular weight excluding hydrogens is 314 g/mol. The fourth-order valence-electron chi connectivity index (χ4n) is 3.00. The van der Waals surface area contributed by atoms with Crippen molar-refractivity contribution in [2.75, 3.05) is 21.3 Å². The summed E-state index contributed by atoms with van der Waals surface area (Å²) in [4.78, 5) is 0. The van der Waals surface area contributed by atoms with E-state index in [-0.39, 0.29) is 0 Å². The first-order valence-electron chi connectivity index (χ1n) is 8.23. The molecule has 0 saturated heterocycles. The number of ether oxygens (including phenoxy) is 3. The van der Waals surface area contributed by atoms with Gasteiger partial charge in [0.15, 0.2) is 0 Å². The van der Waals surface area contributed by atoms with Crippen molar-refractivity contribution in [1.29, 1.82) is 0 Å². The summed E-state index contributed by atoms with van der Waals surface area (Å²) in [5.41, 5.74) is 2.34. The largest absolute Gasteiger partial charge is 0.497 e. The Hall–Kier alpha value is -2.72. The molecule has 0 spiro atoms. The number of nitrogens with one attached hydrogen (secondary N) is 1. The molecule has 0 fully saturated rings. The minimum absolute atomic E-state index is 0.716. The molecule has 0 aliphatic carbocycles. The number of hydrogen-bond acceptors (Lipinski definition) is 4. The molecule has 25 heavy (non-hydrogen) atoms. The Morgan fingerprint density at radius 3 is 2.08 bits per heavy atom. The van der Waals surface area contributed by atoms with Crippen LogP contribution < -0.4 is 19.5 Å². The molecule has 3 rings (SSSR count). The monoisotopic (exact) mass is 337 g/mol. The maximum Gasteiger partial charge on any atom is 0.127 e. The Morgan fingerprint density at radius 1 is 0.680 bits per heavy atom. The first-order chi connectivity index (χ1) is 12.3. The second-order valence-electron chi connectivity index (χ2n) is 5.75. The van der Waals surface area contributed by atoms with Gasteiger partial charge in [-0.3, -0.25) is 0 Å². The van der Waals surface area contributed by atoms with Crippen molar-refractivity contribution in [3.63, 3.8) is 0 Å². The van der Waals surface area contributed by atoms with E-state index in [1.807, 2.05) is 30.3 Å². The van der Waals surface area contributed by atoms with Crippen LogP contribution in [0.1, 0.15) is 11.1 Å². The zero-order valence-corrected chi connectivity index (χ0v) is 14.8. The average molecular weight is 337 g/mol. The van der Waals surface area contributed by atoms with Gasteiger partial charge in [0.25, 0.3) is 0 Å². The van der Waals surface area contributed by atoms with Gasteiger partial charge in [-0.1, -0.05) is 36.4 Å². The van der Waals surface area contributed by atoms with Gasteiger partial charge < -0.3 is 19.5 Å². The van der Waals surface area contributed by atoms with Crippen LogP contribution in [-0.2, 0) is 13.1 Å². The van der Waals surface area contributed by atoms with Crippen LogP contribution in [-0.4, -0.2) is 21.3 Å². The SMILES string of the molecule is COc1ccc(CNCc2ccc(OC)c3ccccc23)c(OC)c1. The Bertz CT molecular complexity index is 861. The quantitative estimate of drug-likeness (QED) is 0.703. The van der Waals surface area contributed by atoms with Gasteiger partial charge in [0.1, 0.15) is 17.2 Å². The predicted octanol–water partition coefficient (Wildman–Crippen LogP) is 4.16. The van der Waals surface area contributed by atoms with Crippen molar-refractivity contribution >= 4 is 10.8 Å². The fraction of sp³-hybridized carbons (Fsp3) is 0.238. The van der Waals surface area contributed by atoms with E-state index in [0.717, 1.165) is 34.7 Å². The number of benzene rings is 3. The predicted molar refractivity (Wildman–Crippen MR) is 101 cm³/mol. The molecule has 0 atom stereocenters. The topological polar surface area (TPSA) is 39.7 Å². The van der Waals surface area contributed by atoms with Crippen molar-refractivity contribution in [1.82, 2.24) is 5.32 Å². The van der Waals surface area contributed by atoms with E-state index in [4.69, 9.17) is 14.2 Å². The Balaban J connectivity index is 1.76. The summed E-state index contributed by atoms with van der Waals surface area (Å²) in [7, 11) is 5.03. The third-order valence-electron chi connectivity index (χ3n) is 4.32. The molecule has 0 amide bonds. The Morgan fingerprint density at radius 2 is 1.36 bits per heavy atom. The molecule has 0 aliphatic rings. The van der Waals surface area contributed by atoms with Crippen LogP contribution in [0.5, 0.6) is 17.2 Å². The summed E-state index contributed by atoms with van der Waals surface area (Å²) in [6.07, 6.45) is 0. The van der Waals surface area contributed by atoms with Crippen molar-refractivity contribution in [2.24, 2.45) is 0 Å². The summed E-state index contributed by atoms with van der Waals surface area (Å²) >= 11 is 0. The zero-order valence-electron chi connectivity index (χ0n) is 14.8. The minimum Gasteiger partial charge on any atom is -0.497 e. The minimum atomic E-state index is 0.716. The van der Waals surface area contributed by atoms with Crippen LogP contribution in [0, 0.1) is 0 Å². The highest BCUT2D eigenvalue weighted by molar-refractivity contribution is 5.91. The maximum absolute atomic E-state index is 5.46. The van der Waals surface area contributed by atoms with Gasteiger partial charge in [-0.15, -0.1) is 0 Å². The van der Waals surface area contributed by atoms with Gasteiger partial charge in [-0.25, -0.2) is 0 Å². The van der Waals surface area contributed by atoms with Crippen molar-refractivity contribution in [3.8, 4) is 17.2 Å². The summed E-state index contributed by atoms with van der Waals surface area (Å²) in [6, 6.07) is 18.3. The maximum atomic E-state index is 5.46. The van der Waals surface area contributed by atoms with Gasteiger partial charge in [0.05, 0.1) is 21.3 Å². The first-order valence-corrected chi connectivity index (χ1v) is 8.23. The number of fused-ring (bicyclic) bond motifs is 1. The van der Waals surface area contributed by atoms with Crippen LogP contribution in [0.25, 0.3) is 10.8 Å². The van der Waals surface area contributed by atoms with Crippen LogP contribution >= 0.6 is 0 Å². The lowest BCUT2D eigenvalue weighted by Gasteiger charge is -2.13. The van der Waals surface area contributed by atoms with E-state index >= 15 is 0 Å². The molecule has 0 heterocycles. The molecule has 3 aromatic rings. The molecule has 0 aromatic heterocycles. The molecule has 4 nitrogen and oxygen atoms in total. The Kier molecular flexibility index (Phi) is 5.41. The van der Waals surface area contributed by atoms with Crippen LogP contribution in [0.2, 0.25) is 0 Å². The van der Waals surface area contributed by atoms with Gasteiger partial charge in [-0.2, -0.15) is 0 Å². The standard InChI is InChI=1S/C21H23NO3/c1-23-17-10-8-16(21(12-17)25-3)14-22-13-15-9-11-20(24-2)19-7-5-4-6-18(15)19/h4-12,22H,13-14H2,1-3H3. The third kappa shape index (κ3) is 3.69. The molecule has 0 unspecified atom stereocenters. The summed E-state index contributed by atoms with van der Waals surface area (Å²) in [6.45, 7) is 1.48. The van der Waals surface area contributed by atoms with E-state index in [1.54, 1.807) is 21.3 Å². The van der Waals surface area contributed by atoms with E-state index < -0.39 is 0 Å². The van der Waals surface area contributed by atoms with Crippen LogP contribution in [0.3, 0.4) is 0 Å². The molecule has 0 aliphatic heterocycles. The van der Waals surface area contributed by atoms with E-state index in [9.17, 15) is 0 Å². The molecule has 3 aromatic carbocycles. The van der Waals surface area contributed by atoms with E-state index in [2.05, 4.69) is 29.6 Å². The molecule has 4 heteroatoms. The molecule has 0 bridgehead atoms. The lowest BCUT2D eigenvalue weighted by molar-refractivity contribution is 0.390. The van der Waals surface area contributed by atoms with Gasteiger partial charge in [0.2, 0.25) is 0 Å².